The minimum Gasteiger partial charge on any atom is -0.478 e. The van der Waals surface area contributed by atoms with E-state index < -0.39 is 5.97 Å². The minimum atomic E-state index is -0.955. The third-order valence-electron chi connectivity index (χ3n) is 2.99. The molecule has 1 unspecified atom stereocenters. The summed E-state index contributed by atoms with van der Waals surface area (Å²) in [6.07, 6.45) is 4.53. The zero-order valence-electron chi connectivity index (χ0n) is 13.4. The van der Waals surface area contributed by atoms with Crippen molar-refractivity contribution in [3.05, 3.63) is 41.5 Å². The molecule has 0 bridgehead atoms. The molecule has 6 nitrogen and oxygen atoms in total. The molecule has 4 N–H and O–H groups in total. The molecule has 1 aliphatic rings. The third kappa shape index (κ3) is 6.99. The summed E-state index contributed by atoms with van der Waals surface area (Å²) < 4.78 is 10.5. The number of hydrogen-bond donors (Lipinski definition) is 3. The first kappa shape index (κ1) is 18.7. The van der Waals surface area contributed by atoms with Crippen LogP contribution in [0, 0.1) is 5.92 Å². The van der Waals surface area contributed by atoms with Crippen molar-refractivity contribution < 1.29 is 24.5 Å². The molecule has 1 atom stereocenters. The highest BCUT2D eigenvalue weighted by Gasteiger charge is 2.12. The maximum absolute atomic E-state index is 10.4. The van der Waals surface area contributed by atoms with Gasteiger partial charge in [-0.25, -0.2) is 4.79 Å². The lowest BCUT2D eigenvalue weighted by Crippen LogP contribution is -2.13. The molecule has 2 rings (SSSR count). The number of carboxylic acid groups (broad SMARTS) is 1. The van der Waals surface area contributed by atoms with Gasteiger partial charge in [0.15, 0.2) is 11.5 Å². The van der Waals surface area contributed by atoms with E-state index in [2.05, 4.69) is 0 Å². The molecule has 0 aliphatic carbocycles. The van der Waals surface area contributed by atoms with Gasteiger partial charge in [-0.05, 0) is 37.1 Å². The lowest BCUT2D eigenvalue weighted by atomic mass is 10.1. The van der Waals surface area contributed by atoms with Crippen LogP contribution >= 0.6 is 0 Å². The number of allylic oxidation sites excluding steroid dienone is 2. The van der Waals surface area contributed by atoms with Crippen LogP contribution in [0.15, 0.2) is 35.9 Å². The molecule has 0 fully saturated rings. The maximum atomic E-state index is 10.4. The fourth-order valence-corrected chi connectivity index (χ4v) is 1.59. The predicted octanol–water partition coefficient (Wildman–Crippen LogP) is 2.03. The zero-order chi connectivity index (χ0) is 17.2. The third-order valence-corrected chi connectivity index (χ3v) is 2.99. The molecule has 0 saturated carbocycles. The smallest absolute Gasteiger partial charge is 0.328 e. The van der Waals surface area contributed by atoms with Crippen LogP contribution < -0.4 is 15.2 Å². The number of hydrogen-bond acceptors (Lipinski definition) is 5. The van der Waals surface area contributed by atoms with Crippen LogP contribution in [0.5, 0.6) is 11.5 Å². The Morgan fingerprint density at radius 1 is 1.35 bits per heavy atom. The quantitative estimate of drug-likeness (QED) is 0.566. The number of aliphatic hydroxyl groups is 1. The summed E-state index contributed by atoms with van der Waals surface area (Å²) in [6, 6.07) is 5.59. The van der Waals surface area contributed by atoms with Crippen LogP contribution in [0.1, 0.15) is 19.4 Å². The number of carbonyl (C=O) groups is 1. The zero-order valence-corrected chi connectivity index (χ0v) is 13.4. The van der Waals surface area contributed by atoms with E-state index in [1.807, 2.05) is 38.1 Å². The summed E-state index contributed by atoms with van der Waals surface area (Å²) in [5.41, 5.74) is 6.92. The van der Waals surface area contributed by atoms with E-state index in [-0.39, 0.29) is 19.3 Å². The van der Waals surface area contributed by atoms with Gasteiger partial charge in [0.05, 0.1) is 0 Å². The van der Waals surface area contributed by atoms with Crippen molar-refractivity contribution in [3.63, 3.8) is 0 Å². The first-order valence-corrected chi connectivity index (χ1v) is 7.26. The Labute approximate surface area is 135 Å². The Bertz CT molecular complexity index is 576. The highest BCUT2D eigenvalue weighted by Crippen LogP contribution is 2.33. The second-order valence-corrected chi connectivity index (χ2v) is 5.20. The number of carboxylic acids is 1. The second-order valence-electron chi connectivity index (χ2n) is 5.20. The first-order valence-electron chi connectivity index (χ1n) is 7.26. The van der Waals surface area contributed by atoms with Gasteiger partial charge in [-0.1, -0.05) is 30.7 Å². The summed E-state index contributed by atoms with van der Waals surface area (Å²) >= 11 is 0. The molecule has 23 heavy (non-hydrogen) atoms. The molecule has 6 heteroatoms. The standard InChI is InChI=1S/C13H12O4.C4H11NO/c1-9(2-5-13(14)15)6-10-3-4-11-12(7-10)17-8-16-11;1-4(2-5)3-6/h2-7H,8H2,1H3,(H,14,15);4,6H,2-3,5H2,1H3/b5-2+,9-6+;. The fraction of sp³-hybridized carbons (Fsp3) is 0.353. The SMILES string of the molecule is CC(/C=C/C(=O)O)=C\c1ccc2c(c1)OCO2.CC(CN)CO. The predicted molar refractivity (Wildman–Crippen MR) is 88.3 cm³/mol. The van der Waals surface area contributed by atoms with Crippen LogP contribution in [0.4, 0.5) is 0 Å². The van der Waals surface area contributed by atoms with E-state index in [9.17, 15) is 4.79 Å². The molecule has 0 saturated heterocycles. The summed E-state index contributed by atoms with van der Waals surface area (Å²) in [7, 11) is 0. The van der Waals surface area contributed by atoms with Gasteiger partial charge >= 0.3 is 5.97 Å². The molecule has 1 aromatic carbocycles. The number of nitrogens with two attached hydrogens (primary N) is 1. The van der Waals surface area contributed by atoms with Crippen molar-refractivity contribution in [2.45, 2.75) is 13.8 Å². The van der Waals surface area contributed by atoms with Gasteiger partial charge in [-0.3, -0.25) is 0 Å². The molecule has 1 aromatic rings. The van der Waals surface area contributed by atoms with Crippen molar-refractivity contribution in [1.82, 2.24) is 0 Å². The van der Waals surface area contributed by atoms with Gasteiger partial charge in [0.25, 0.3) is 0 Å². The molecular formula is C17H23NO5. The van der Waals surface area contributed by atoms with Crippen molar-refractivity contribution in [2.24, 2.45) is 11.7 Å². The van der Waals surface area contributed by atoms with Crippen LogP contribution in [0.25, 0.3) is 6.08 Å². The molecular weight excluding hydrogens is 298 g/mol. The van der Waals surface area contributed by atoms with E-state index >= 15 is 0 Å². The molecule has 1 heterocycles. The number of rotatable bonds is 5. The Hall–Kier alpha value is -2.31. The Balaban J connectivity index is 0.000000379. The van der Waals surface area contributed by atoms with Gasteiger partial charge < -0.3 is 25.4 Å². The van der Waals surface area contributed by atoms with Crippen molar-refractivity contribution in [3.8, 4) is 11.5 Å². The highest BCUT2D eigenvalue weighted by molar-refractivity contribution is 5.80. The Morgan fingerprint density at radius 3 is 2.61 bits per heavy atom. The van der Waals surface area contributed by atoms with Crippen molar-refractivity contribution in [1.29, 1.82) is 0 Å². The fourth-order valence-electron chi connectivity index (χ4n) is 1.59. The monoisotopic (exact) mass is 321 g/mol. The number of aliphatic hydroxyl groups excluding tert-OH is 1. The summed E-state index contributed by atoms with van der Waals surface area (Å²) in [4.78, 5) is 10.4. The van der Waals surface area contributed by atoms with Crippen LogP contribution in [0.3, 0.4) is 0 Å². The molecule has 1 aliphatic heterocycles. The molecule has 0 amide bonds. The largest absolute Gasteiger partial charge is 0.478 e. The van der Waals surface area contributed by atoms with E-state index in [0.717, 1.165) is 23.0 Å². The summed E-state index contributed by atoms with van der Waals surface area (Å²) in [5.74, 6) is 0.767. The maximum Gasteiger partial charge on any atom is 0.328 e. The van der Waals surface area contributed by atoms with Gasteiger partial charge in [0.2, 0.25) is 6.79 Å². The van der Waals surface area contributed by atoms with Gasteiger partial charge in [-0.2, -0.15) is 0 Å². The number of benzene rings is 1. The lowest BCUT2D eigenvalue weighted by molar-refractivity contribution is -0.131. The molecule has 0 spiro atoms. The number of fused-ring (bicyclic) bond motifs is 1. The minimum absolute atomic E-state index is 0.205. The number of ether oxygens (including phenoxy) is 2. The van der Waals surface area contributed by atoms with E-state index in [4.69, 9.17) is 25.4 Å². The van der Waals surface area contributed by atoms with Crippen molar-refractivity contribution in [2.75, 3.05) is 19.9 Å². The van der Waals surface area contributed by atoms with Crippen molar-refractivity contribution >= 4 is 12.0 Å². The lowest BCUT2D eigenvalue weighted by Gasteiger charge is -1.98. The van der Waals surface area contributed by atoms with Gasteiger partial charge in [0, 0.05) is 12.7 Å². The van der Waals surface area contributed by atoms with Gasteiger partial charge in [0.1, 0.15) is 0 Å². The molecule has 0 aromatic heterocycles. The normalized spacial score (nSPS) is 14.3. The molecule has 0 radical (unpaired) electrons. The summed E-state index contributed by atoms with van der Waals surface area (Å²) in [6.45, 7) is 4.78. The Kier molecular flexibility index (Phi) is 7.87. The van der Waals surface area contributed by atoms with Crippen LogP contribution in [-0.4, -0.2) is 36.1 Å². The van der Waals surface area contributed by atoms with E-state index in [1.54, 1.807) is 6.08 Å². The van der Waals surface area contributed by atoms with Crippen LogP contribution in [0.2, 0.25) is 0 Å². The number of aliphatic carboxylic acids is 1. The average Bonchev–Trinajstić information content (AvgIpc) is 3.00. The highest BCUT2D eigenvalue weighted by atomic mass is 16.7. The first-order chi connectivity index (χ1) is 11.0. The van der Waals surface area contributed by atoms with E-state index in [0.29, 0.717) is 12.3 Å². The second kappa shape index (κ2) is 9.66. The van der Waals surface area contributed by atoms with E-state index in [1.165, 1.54) is 0 Å². The molecule has 126 valence electrons. The Morgan fingerprint density at radius 2 is 2.04 bits per heavy atom. The topological polar surface area (TPSA) is 102 Å². The van der Waals surface area contributed by atoms with Crippen LogP contribution in [-0.2, 0) is 4.79 Å². The summed E-state index contributed by atoms with van der Waals surface area (Å²) in [5, 5.41) is 16.8. The average molecular weight is 321 g/mol. The van der Waals surface area contributed by atoms with Gasteiger partial charge in [-0.15, -0.1) is 0 Å².